The molecule has 0 amide bonds. The third kappa shape index (κ3) is 1.82. The number of aromatic nitrogens is 4. The zero-order valence-electron chi connectivity index (χ0n) is 10.2. The minimum atomic E-state index is -0.0796. The molecule has 2 aromatic heterocycles. The number of halogens is 1. The van der Waals surface area contributed by atoms with Crippen LogP contribution < -0.4 is 0 Å². The Balaban J connectivity index is 1.70. The second-order valence-electron chi connectivity index (χ2n) is 4.90. The molecule has 100 valence electrons. The summed E-state index contributed by atoms with van der Waals surface area (Å²) < 4.78 is 13.7. The first kappa shape index (κ1) is 11.6. The Morgan fingerprint density at radius 3 is 3.11 bits per heavy atom. The molecule has 2 aliphatic heterocycles. The van der Waals surface area contributed by atoms with Crippen LogP contribution in [0.3, 0.4) is 0 Å². The van der Waals surface area contributed by atoms with Crippen LogP contribution in [0.2, 0.25) is 5.15 Å². The molecule has 2 aromatic rings. The zero-order valence-corrected chi connectivity index (χ0v) is 11.0. The quantitative estimate of drug-likeness (QED) is 0.747. The summed E-state index contributed by atoms with van der Waals surface area (Å²) in [6.45, 7) is 0.829. The molecule has 0 radical (unpaired) electrons. The van der Waals surface area contributed by atoms with E-state index in [-0.39, 0.29) is 18.4 Å². The van der Waals surface area contributed by atoms with Crippen molar-refractivity contribution in [3.8, 4) is 0 Å². The predicted molar refractivity (Wildman–Crippen MR) is 67.8 cm³/mol. The van der Waals surface area contributed by atoms with E-state index in [1.165, 1.54) is 6.33 Å². The average Bonchev–Trinajstić information content (AvgIpc) is 3.02. The molecule has 0 unspecified atom stereocenters. The van der Waals surface area contributed by atoms with Crippen LogP contribution in [-0.4, -0.2) is 38.3 Å². The highest BCUT2D eigenvalue weighted by molar-refractivity contribution is 6.33. The van der Waals surface area contributed by atoms with Crippen molar-refractivity contribution in [3.63, 3.8) is 0 Å². The van der Waals surface area contributed by atoms with Gasteiger partial charge in [-0.3, -0.25) is 4.57 Å². The van der Waals surface area contributed by atoms with Gasteiger partial charge in [0.1, 0.15) is 18.1 Å². The lowest BCUT2D eigenvalue weighted by Gasteiger charge is -2.23. The van der Waals surface area contributed by atoms with Gasteiger partial charge in [0.15, 0.2) is 10.8 Å². The molecule has 7 heteroatoms. The van der Waals surface area contributed by atoms with Crippen LogP contribution in [-0.2, 0) is 9.47 Å². The molecule has 19 heavy (non-hydrogen) atoms. The number of fused-ring (bicyclic) bond motifs is 2. The van der Waals surface area contributed by atoms with Crippen molar-refractivity contribution in [2.24, 2.45) is 0 Å². The Morgan fingerprint density at radius 1 is 1.26 bits per heavy atom. The number of nitrogens with zero attached hydrogens (tertiary/aromatic N) is 4. The van der Waals surface area contributed by atoms with Gasteiger partial charge in [0.25, 0.3) is 0 Å². The van der Waals surface area contributed by atoms with Crippen LogP contribution in [0.4, 0.5) is 0 Å². The van der Waals surface area contributed by atoms with Crippen LogP contribution in [0.1, 0.15) is 25.5 Å². The Kier molecular flexibility index (Phi) is 2.68. The summed E-state index contributed by atoms with van der Waals surface area (Å²) in [5.41, 5.74) is 1.33. The largest absolute Gasteiger partial charge is 0.375 e. The molecule has 0 saturated carbocycles. The predicted octanol–water partition coefficient (Wildman–Crippen LogP) is 1.95. The molecule has 2 fully saturated rings. The fraction of sp³-hybridized carbons (Fsp3) is 0.583. The van der Waals surface area contributed by atoms with Gasteiger partial charge in [-0.1, -0.05) is 11.6 Å². The first-order chi connectivity index (χ1) is 9.33. The average molecular weight is 281 g/mol. The van der Waals surface area contributed by atoms with Crippen LogP contribution in [0.5, 0.6) is 0 Å². The number of hydrogen-bond acceptors (Lipinski definition) is 5. The number of rotatable bonds is 1. The maximum atomic E-state index is 6.05. The Hall–Kier alpha value is -1.24. The summed E-state index contributed by atoms with van der Waals surface area (Å²) in [6.07, 6.45) is 6.41. The van der Waals surface area contributed by atoms with E-state index in [1.807, 2.05) is 4.57 Å². The van der Waals surface area contributed by atoms with Crippen molar-refractivity contribution >= 4 is 22.8 Å². The number of imidazole rings is 1. The highest BCUT2D eigenvalue weighted by atomic mass is 35.5. The Morgan fingerprint density at radius 2 is 2.21 bits per heavy atom. The molecule has 3 atom stereocenters. The van der Waals surface area contributed by atoms with E-state index in [0.29, 0.717) is 16.3 Å². The van der Waals surface area contributed by atoms with E-state index in [9.17, 15) is 0 Å². The fourth-order valence-electron chi connectivity index (χ4n) is 2.86. The van der Waals surface area contributed by atoms with Gasteiger partial charge in [-0.05, 0) is 12.8 Å². The lowest BCUT2D eigenvalue weighted by atomic mass is 10.1. The van der Waals surface area contributed by atoms with Crippen LogP contribution in [0.25, 0.3) is 11.2 Å². The molecule has 4 heterocycles. The third-order valence-electron chi connectivity index (χ3n) is 3.77. The van der Waals surface area contributed by atoms with Crippen molar-refractivity contribution in [2.45, 2.75) is 37.7 Å². The van der Waals surface area contributed by atoms with Crippen molar-refractivity contribution in [1.29, 1.82) is 0 Å². The van der Waals surface area contributed by atoms with E-state index in [0.717, 1.165) is 25.9 Å². The van der Waals surface area contributed by atoms with Crippen molar-refractivity contribution in [1.82, 2.24) is 19.5 Å². The molecular weight excluding hydrogens is 268 g/mol. The van der Waals surface area contributed by atoms with Gasteiger partial charge in [0.2, 0.25) is 0 Å². The molecule has 0 aromatic carbocycles. The standard InChI is InChI=1S/C12H13ClN4O2/c13-11-10-12(15-5-14-11)17(6-16-10)9-4-8-7(19-9)2-1-3-18-8/h5-9H,1-4H2/t7-,8-,9+/m0/s1. The van der Waals surface area contributed by atoms with Gasteiger partial charge in [0, 0.05) is 13.0 Å². The van der Waals surface area contributed by atoms with Crippen molar-refractivity contribution in [2.75, 3.05) is 6.61 Å². The van der Waals surface area contributed by atoms with E-state index < -0.39 is 0 Å². The Bertz CT molecular complexity index is 603. The van der Waals surface area contributed by atoms with Crippen molar-refractivity contribution < 1.29 is 9.47 Å². The van der Waals surface area contributed by atoms with E-state index in [1.54, 1.807) is 6.33 Å². The molecular formula is C12H13ClN4O2. The number of hydrogen-bond donors (Lipinski definition) is 0. The molecule has 2 aliphatic rings. The van der Waals surface area contributed by atoms with Crippen LogP contribution in [0.15, 0.2) is 12.7 Å². The number of ether oxygens (including phenoxy) is 2. The topological polar surface area (TPSA) is 62.1 Å². The smallest absolute Gasteiger partial charge is 0.166 e. The highest BCUT2D eigenvalue weighted by Gasteiger charge is 2.39. The molecule has 0 spiro atoms. The van der Waals surface area contributed by atoms with Gasteiger partial charge in [-0.15, -0.1) is 0 Å². The van der Waals surface area contributed by atoms with Gasteiger partial charge >= 0.3 is 0 Å². The van der Waals surface area contributed by atoms with Gasteiger partial charge in [-0.2, -0.15) is 0 Å². The maximum absolute atomic E-state index is 6.05. The monoisotopic (exact) mass is 280 g/mol. The lowest BCUT2D eigenvalue weighted by Crippen LogP contribution is -2.29. The summed E-state index contributed by atoms with van der Waals surface area (Å²) in [7, 11) is 0. The van der Waals surface area contributed by atoms with Gasteiger partial charge in [0.05, 0.1) is 18.5 Å². The Labute approximate surface area is 114 Å². The first-order valence-electron chi connectivity index (χ1n) is 6.43. The SMILES string of the molecule is Clc1ncnc2c1ncn2[C@H]1C[C@@H]2OCCC[C@@H]2O1. The van der Waals surface area contributed by atoms with Gasteiger partial charge < -0.3 is 9.47 Å². The summed E-state index contributed by atoms with van der Waals surface area (Å²) >= 11 is 6.01. The molecule has 2 saturated heterocycles. The second-order valence-corrected chi connectivity index (χ2v) is 5.26. The van der Waals surface area contributed by atoms with Gasteiger partial charge in [-0.25, -0.2) is 15.0 Å². The molecule has 0 aliphatic carbocycles. The maximum Gasteiger partial charge on any atom is 0.166 e. The summed E-state index contributed by atoms with van der Waals surface area (Å²) in [5, 5.41) is 0.371. The van der Waals surface area contributed by atoms with E-state index in [4.69, 9.17) is 21.1 Å². The lowest BCUT2D eigenvalue weighted by molar-refractivity contribution is -0.0680. The van der Waals surface area contributed by atoms with E-state index in [2.05, 4.69) is 15.0 Å². The van der Waals surface area contributed by atoms with Crippen LogP contribution in [0, 0.1) is 0 Å². The first-order valence-corrected chi connectivity index (χ1v) is 6.81. The molecule has 4 rings (SSSR count). The summed E-state index contributed by atoms with van der Waals surface area (Å²) in [5.74, 6) is 0. The molecule has 0 bridgehead atoms. The normalized spacial score (nSPS) is 30.7. The summed E-state index contributed by atoms with van der Waals surface area (Å²) in [4.78, 5) is 12.4. The second kappa shape index (κ2) is 4.40. The fourth-order valence-corrected chi connectivity index (χ4v) is 3.03. The third-order valence-corrected chi connectivity index (χ3v) is 4.05. The minimum absolute atomic E-state index is 0.0796. The zero-order chi connectivity index (χ0) is 12.8. The molecule has 0 N–H and O–H groups in total. The highest BCUT2D eigenvalue weighted by Crippen LogP contribution is 2.36. The summed E-state index contributed by atoms with van der Waals surface area (Å²) in [6, 6.07) is 0. The van der Waals surface area contributed by atoms with Crippen molar-refractivity contribution in [3.05, 3.63) is 17.8 Å². The molecule has 6 nitrogen and oxygen atoms in total. The van der Waals surface area contributed by atoms with E-state index >= 15 is 0 Å². The van der Waals surface area contributed by atoms with Crippen LogP contribution >= 0.6 is 11.6 Å². The minimum Gasteiger partial charge on any atom is -0.375 e.